The molecule has 0 spiro atoms. The number of amides is 1. The number of piperidine rings is 1. The minimum Gasteiger partial charge on any atom is -0.337 e. The van der Waals surface area contributed by atoms with Gasteiger partial charge in [-0.25, -0.2) is 4.98 Å². The van der Waals surface area contributed by atoms with Crippen LogP contribution < -0.4 is 0 Å². The second-order valence-corrected chi connectivity index (χ2v) is 7.79. The van der Waals surface area contributed by atoms with Crippen LogP contribution in [0.15, 0.2) is 18.5 Å². The summed E-state index contributed by atoms with van der Waals surface area (Å²) in [6, 6.07) is 1.84. The molecule has 2 fully saturated rings. The van der Waals surface area contributed by atoms with Crippen LogP contribution in [0.5, 0.6) is 0 Å². The summed E-state index contributed by atoms with van der Waals surface area (Å²) in [5, 5.41) is 4.25. The summed E-state index contributed by atoms with van der Waals surface area (Å²) in [5.41, 5.74) is 1.96. The van der Waals surface area contributed by atoms with E-state index in [4.69, 9.17) is 4.98 Å². The number of carbonyl (C=O) groups is 1. The highest BCUT2D eigenvalue weighted by molar-refractivity contribution is 5.92. The van der Waals surface area contributed by atoms with Gasteiger partial charge in [0.2, 0.25) is 0 Å². The lowest BCUT2D eigenvalue weighted by molar-refractivity contribution is 0.0648. The minimum atomic E-state index is 0.121. The molecule has 4 rings (SSSR count). The average molecular weight is 355 g/mol. The van der Waals surface area contributed by atoms with Gasteiger partial charge < -0.3 is 9.47 Å². The Bertz CT molecular complexity index is 773. The number of likely N-dealkylation sites (tertiary alicyclic amines) is 1. The van der Waals surface area contributed by atoms with Crippen molar-refractivity contribution in [3.05, 3.63) is 35.7 Å². The first kappa shape index (κ1) is 17.3. The normalized spacial score (nSPS) is 21.0. The monoisotopic (exact) mass is 355 g/mol. The Kier molecular flexibility index (Phi) is 4.83. The molecule has 1 amide bonds. The maximum absolute atomic E-state index is 12.9. The summed E-state index contributed by atoms with van der Waals surface area (Å²) in [7, 11) is 0. The maximum Gasteiger partial charge on any atom is 0.272 e. The summed E-state index contributed by atoms with van der Waals surface area (Å²) in [4.78, 5) is 19.6. The van der Waals surface area contributed by atoms with E-state index in [0.717, 1.165) is 32.6 Å². The van der Waals surface area contributed by atoms with E-state index >= 15 is 0 Å². The first-order valence-corrected chi connectivity index (χ1v) is 10.0. The van der Waals surface area contributed by atoms with Crippen molar-refractivity contribution >= 4 is 5.91 Å². The van der Waals surface area contributed by atoms with Crippen molar-refractivity contribution in [2.75, 3.05) is 13.1 Å². The predicted molar refractivity (Wildman–Crippen MR) is 100 cm³/mol. The van der Waals surface area contributed by atoms with Crippen LogP contribution in [-0.4, -0.2) is 43.2 Å². The SMILES string of the molecule is CCn1nccc1C(=O)N1CCCC(Cn2c(C)cnc2C2CCC2)C1. The van der Waals surface area contributed by atoms with E-state index in [1.807, 2.05) is 24.1 Å². The lowest BCUT2D eigenvalue weighted by Gasteiger charge is -2.34. The van der Waals surface area contributed by atoms with Gasteiger partial charge in [0.25, 0.3) is 5.91 Å². The quantitative estimate of drug-likeness (QED) is 0.827. The minimum absolute atomic E-state index is 0.121. The van der Waals surface area contributed by atoms with Crippen LogP contribution >= 0.6 is 0 Å². The topological polar surface area (TPSA) is 56.0 Å². The van der Waals surface area contributed by atoms with Crippen molar-refractivity contribution in [1.29, 1.82) is 0 Å². The molecule has 6 nitrogen and oxygen atoms in total. The highest BCUT2D eigenvalue weighted by Crippen LogP contribution is 2.36. The standard InChI is InChI=1S/C20H29N5O/c1-3-25-18(9-10-22-25)20(26)23-11-5-6-16(13-23)14-24-15(2)12-21-19(24)17-7-4-8-17/h9-10,12,16-17H,3-8,11,13-14H2,1-2H3. The number of hydrogen-bond donors (Lipinski definition) is 0. The Morgan fingerprint density at radius 2 is 2.12 bits per heavy atom. The van der Waals surface area contributed by atoms with Gasteiger partial charge in [0, 0.05) is 50.2 Å². The Balaban J connectivity index is 1.46. The van der Waals surface area contributed by atoms with Crippen molar-refractivity contribution < 1.29 is 4.79 Å². The van der Waals surface area contributed by atoms with Crippen LogP contribution in [0.1, 0.15) is 67.0 Å². The van der Waals surface area contributed by atoms with Crippen molar-refractivity contribution in [3.63, 3.8) is 0 Å². The predicted octanol–water partition coefficient (Wildman–Crippen LogP) is 3.23. The largest absolute Gasteiger partial charge is 0.337 e. The zero-order valence-electron chi connectivity index (χ0n) is 15.9. The molecule has 0 aromatic carbocycles. The molecule has 0 N–H and O–H groups in total. The molecule has 1 aliphatic heterocycles. The van der Waals surface area contributed by atoms with Crippen LogP contribution in [0.4, 0.5) is 0 Å². The summed E-state index contributed by atoms with van der Waals surface area (Å²) in [6.45, 7) is 7.56. The number of imidazole rings is 1. The Morgan fingerprint density at radius 1 is 1.27 bits per heavy atom. The van der Waals surface area contributed by atoms with E-state index in [0.29, 0.717) is 17.5 Å². The molecule has 1 aliphatic carbocycles. The molecular formula is C20H29N5O. The van der Waals surface area contributed by atoms with Crippen LogP contribution in [-0.2, 0) is 13.1 Å². The third-order valence-electron chi connectivity index (χ3n) is 6.04. The second kappa shape index (κ2) is 7.25. The fraction of sp³-hybridized carbons (Fsp3) is 0.650. The van der Waals surface area contributed by atoms with E-state index in [1.54, 1.807) is 10.9 Å². The molecule has 6 heteroatoms. The third kappa shape index (κ3) is 3.17. The van der Waals surface area contributed by atoms with E-state index in [-0.39, 0.29) is 5.91 Å². The molecule has 2 aromatic heterocycles. The number of hydrogen-bond acceptors (Lipinski definition) is 3. The summed E-state index contributed by atoms with van der Waals surface area (Å²) >= 11 is 0. The highest BCUT2D eigenvalue weighted by Gasteiger charge is 2.29. The number of nitrogens with zero attached hydrogens (tertiary/aromatic N) is 5. The summed E-state index contributed by atoms with van der Waals surface area (Å²) in [5.74, 6) is 2.53. The first-order valence-electron chi connectivity index (χ1n) is 10.0. The van der Waals surface area contributed by atoms with Crippen LogP contribution in [0, 0.1) is 12.8 Å². The zero-order chi connectivity index (χ0) is 18.1. The van der Waals surface area contributed by atoms with Crippen molar-refractivity contribution in [1.82, 2.24) is 24.2 Å². The number of aromatic nitrogens is 4. The first-order chi connectivity index (χ1) is 12.7. The Morgan fingerprint density at radius 3 is 2.85 bits per heavy atom. The molecule has 1 saturated heterocycles. The van der Waals surface area contributed by atoms with Gasteiger partial charge >= 0.3 is 0 Å². The fourth-order valence-corrected chi connectivity index (χ4v) is 4.29. The smallest absolute Gasteiger partial charge is 0.272 e. The molecule has 0 bridgehead atoms. The van der Waals surface area contributed by atoms with E-state index in [1.165, 1.54) is 37.2 Å². The maximum atomic E-state index is 12.9. The van der Waals surface area contributed by atoms with Crippen molar-refractivity contribution in [2.45, 2.75) is 65.0 Å². The third-order valence-corrected chi connectivity index (χ3v) is 6.04. The Hall–Kier alpha value is -2.11. The van der Waals surface area contributed by atoms with Gasteiger partial charge in [-0.2, -0.15) is 5.10 Å². The molecule has 0 radical (unpaired) electrons. The van der Waals surface area contributed by atoms with Gasteiger partial charge in [0.05, 0.1) is 0 Å². The Labute approximate surface area is 155 Å². The lowest BCUT2D eigenvalue weighted by Crippen LogP contribution is -2.42. The van der Waals surface area contributed by atoms with Gasteiger partial charge in [0.15, 0.2) is 0 Å². The van der Waals surface area contributed by atoms with Crippen LogP contribution in [0.2, 0.25) is 0 Å². The van der Waals surface area contributed by atoms with Gasteiger partial charge in [-0.1, -0.05) is 6.42 Å². The van der Waals surface area contributed by atoms with Crippen LogP contribution in [0.3, 0.4) is 0 Å². The number of carbonyl (C=O) groups excluding carboxylic acids is 1. The number of rotatable bonds is 5. The van der Waals surface area contributed by atoms with Crippen molar-refractivity contribution in [2.24, 2.45) is 5.92 Å². The van der Waals surface area contributed by atoms with Crippen LogP contribution in [0.25, 0.3) is 0 Å². The second-order valence-electron chi connectivity index (χ2n) is 7.79. The van der Waals surface area contributed by atoms with Gasteiger partial charge in [-0.3, -0.25) is 9.48 Å². The van der Waals surface area contributed by atoms with Gasteiger partial charge in [-0.05, 0) is 51.5 Å². The van der Waals surface area contributed by atoms with E-state index in [2.05, 4.69) is 16.6 Å². The lowest BCUT2D eigenvalue weighted by atomic mass is 9.84. The molecule has 2 aromatic rings. The van der Waals surface area contributed by atoms with E-state index < -0.39 is 0 Å². The zero-order valence-corrected chi connectivity index (χ0v) is 15.9. The van der Waals surface area contributed by atoms with Crippen molar-refractivity contribution in [3.8, 4) is 0 Å². The molecule has 1 saturated carbocycles. The van der Waals surface area contributed by atoms with Gasteiger partial charge in [0.1, 0.15) is 11.5 Å². The molecular weight excluding hydrogens is 326 g/mol. The average Bonchev–Trinajstić information content (AvgIpc) is 3.22. The molecule has 1 unspecified atom stereocenters. The summed E-state index contributed by atoms with van der Waals surface area (Å²) < 4.78 is 4.21. The summed E-state index contributed by atoms with van der Waals surface area (Å²) in [6.07, 6.45) is 9.85. The van der Waals surface area contributed by atoms with E-state index in [9.17, 15) is 4.79 Å². The van der Waals surface area contributed by atoms with Gasteiger partial charge in [-0.15, -0.1) is 0 Å². The molecule has 26 heavy (non-hydrogen) atoms. The highest BCUT2D eigenvalue weighted by atomic mass is 16.2. The molecule has 140 valence electrons. The fourth-order valence-electron chi connectivity index (χ4n) is 4.29. The molecule has 2 aliphatic rings. The molecule has 3 heterocycles. The molecule has 1 atom stereocenters. The number of aryl methyl sites for hydroxylation is 2.